The number of benzene rings is 2. The van der Waals surface area contributed by atoms with E-state index in [0.717, 1.165) is 36.3 Å². The molecule has 2 aromatic heterocycles. The Hall–Kier alpha value is -3.32. The van der Waals surface area contributed by atoms with Crippen LogP contribution in [0.1, 0.15) is 56.7 Å². The number of H-pyrrole nitrogens is 1. The van der Waals surface area contributed by atoms with Crippen molar-refractivity contribution >= 4 is 40.2 Å². The van der Waals surface area contributed by atoms with Crippen LogP contribution in [0.4, 0.5) is 13.2 Å². The lowest BCUT2D eigenvalue weighted by molar-refractivity contribution is 0.00246. The van der Waals surface area contributed by atoms with Gasteiger partial charge in [-0.25, -0.2) is 18.0 Å². The van der Waals surface area contributed by atoms with Crippen molar-refractivity contribution in [3.8, 4) is 16.9 Å². The lowest BCUT2D eigenvalue weighted by atomic mass is 10.0. The minimum Gasteiger partial charge on any atom is -0.388 e. The van der Waals surface area contributed by atoms with Gasteiger partial charge < -0.3 is 21.8 Å². The number of nitrogens with two attached hydrogens (primary N) is 2. The predicted molar refractivity (Wildman–Crippen MR) is 179 cm³/mol. The minimum absolute atomic E-state index is 0.0364. The van der Waals surface area contributed by atoms with E-state index < -0.39 is 30.4 Å². The number of nitrogens with one attached hydrogen (secondary N) is 2. The summed E-state index contributed by atoms with van der Waals surface area (Å²) in [4.78, 5) is 25.6. The molecule has 45 heavy (non-hydrogen) atoms. The fourth-order valence-corrected chi connectivity index (χ4v) is 6.07. The molecule has 0 amide bonds. The zero-order chi connectivity index (χ0) is 32.7. The predicted octanol–water partition coefficient (Wildman–Crippen LogP) is 6.62. The van der Waals surface area contributed by atoms with Crippen LogP contribution >= 0.6 is 23.4 Å². The summed E-state index contributed by atoms with van der Waals surface area (Å²) in [5.74, 6) is -3.16. The topological polar surface area (TPSA) is 127 Å². The molecule has 8 nitrogen and oxygen atoms in total. The van der Waals surface area contributed by atoms with Gasteiger partial charge in [0, 0.05) is 41.0 Å². The number of fused-ring (bicyclic) bond motifs is 1. The van der Waals surface area contributed by atoms with Crippen LogP contribution in [0.5, 0.6) is 0 Å². The molecule has 6 N–H and O–H groups in total. The van der Waals surface area contributed by atoms with Crippen LogP contribution in [-0.4, -0.2) is 52.2 Å². The molecule has 2 heterocycles. The molecule has 0 aliphatic heterocycles. The summed E-state index contributed by atoms with van der Waals surface area (Å²) in [6.07, 6.45) is 5.93. The third-order valence-electron chi connectivity index (χ3n) is 7.50. The molecule has 242 valence electrons. The molecule has 4 rings (SSSR count). The van der Waals surface area contributed by atoms with Crippen molar-refractivity contribution in [1.29, 1.82) is 0 Å². The molecule has 0 aliphatic rings. The Balaban J connectivity index is 1.64. The molecule has 13 heteroatoms. The fraction of sp³-hybridized carbons (Fsp3) is 0.406. The summed E-state index contributed by atoms with van der Waals surface area (Å²) in [5, 5.41) is 4.01. The van der Waals surface area contributed by atoms with E-state index >= 15 is 4.39 Å². The van der Waals surface area contributed by atoms with Crippen LogP contribution in [0.2, 0.25) is 5.02 Å². The summed E-state index contributed by atoms with van der Waals surface area (Å²) >= 11 is 7.73. The molecule has 0 bridgehead atoms. The van der Waals surface area contributed by atoms with Crippen LogP contribution in [0.15, 0.2) is 57.3 Å². The number of hydrogen-bond donors (Lipinski definition) is 4. The number of hydrogen-bond acceptors (Lipinski definition) is 6. The third kappa shape index (κ3) is 8.69. The molecule has 0 spiro atoms. The zero-order valence-electron chi connectivity index (χ0n) is 25.6. The third-order valence-corrected chi connectivity index (χ3v) is 8.57. The van der Waals surface area contributed by atoms with Crippen molar-refractivity contribution in [2.75, 3.05) is 25.9 Å². The molecular formula is C32H39ClF3N7OS. The molecule has 0 saturated heterocycles. The van der Waals surface area contributed by atoms with E-state index in [1.54, 1.807) is 30.9 Å². The first-order valence-electron chi connectivity index (χ1n) is 14.8. The molecule has 0 aliphatic carbocycles. The van der Waals surface area contributed by atoms with Crippen molar-refractivity contribution in [3.05, 3.63) is 75.0 Å². The molecule has 0 fully saturated rings. The second-order valence-corrected chi connectivity index (χ2v) is 12.2. The van der Waals surface area contributed by atoms with Crippen LogP contribution in [0, 0.1) is 5.82 Å². The van der Waals surface area contributed by atoms with Crippen molar-refractivity contribution < 1.29 is 13.2 Å². The summed E-state index contributed by atoms with van der Waals surface area (Å²) in [6, 6.07) is 10.5. The Morgan fingerprint density at radius 3 is 2.73 bits per heavy atom. The number of aryl methyl sites for hydroxylation is 1. The Labute approximate surface area is 269 Å². The SMILES string of the molecule is CCCC(NCCCN=C(C)N)c1ccc(-n2cc3cc(-c4cc(CCC(F)(F)CN)cc(Cl)c4F)[nH]c3nc2=O)cc1SC. The average Bonchev–Trinajstić information content (AvgIpc) is 3.42. The van der Waals surface area contributed by atoms with Crippen molar-refractivity contribution in [2.24, 2.45) is 16.5 Å². The van der Waals surface area contributed by atoms with E-state index in [0.29, 0.717) is 34.7 Å². The molecule has 1 unspecified atom stereocenters. The maximum Gasteiger partial charge on any atom is 0.354 e. The second kappa shape index (κ2) is 15.3. The van der Waals surface area contributed by atoms with Gasteiger partial charge in [0.15, 0.2) is 5.82 Å². The Morgan fingerprint density at radius 1 is 1.27 bits per heavy atom. The largest absolute Gasteiger partial charge is 0.388 e. The van der Waals surface area contributed by atoms with Crippen LogP contribution in [-0.2, 0) is 6.42 Å². The van der Waals surface area contributed by atoms with Gasteiger partial charge in [0.25, 0.3) is 5.92 Å². The van der Waals surface area contributed by atoms with Gasteiger partial charge in [-0.2, -0.15) is 4.98 Å². The lowest BCUT2D eigenvalue weighted by Crippen LogP contribution is -2.28. The molecule has 0 radical (unpaired) electrons. The lowest BCUT2D eigenvalue weighted by Gasteiger charge is -2.22. The second-order valence-electron chi connectivity index (χ2n) is 11.0. The first-order valence-corrected chi connectivity index (χ1v) is 16.4. The van der Waals surface area contributed by atoms with Gasteiger partial charge in [0.05, 0.1) is 28.8 Å². The summed E-state index contributed by atoms with van der Waals surface area (Å²) < 4.78 is 44.1. The quantitative estimate of drug-likeness (QED) is 0.0491. The molecule has 4 aromatic rings. The van der Waals surface area contributed by atoms with Gasteiger partial charge in [0.2, 0.25) is 0 Å². The monoisotopic (exact) mass is 661 g/mol. The Kier molecular flexibility index (Phi) is 11.8. The van der Waals surface area contributed by atoms with Gasteiger partial charge in [-0.1, -0.05) is 31.0 Å². The number of amidine groups is 1. The van der Waals surface area contributed by atoms with Crippen LogP contribution in [0.25, 0.3) is 28.0 Å². The molecule has 1 atom stereocenters. The van der Waals surface area contributed by atoms with E-state index in [-0.39, 0.29) is 28.7 Å². The van der Waals surface area contributed by atoms with Crippen LogP contribution in [0.3, 0.4) is 0 Å². The van der Waals surface area contributed by atoms with E-state index in [9.17, 15) is 13.6 Å². The van der Waals surface area contributed by atoms with Gasteiger partial charge in [0.1, 0.15) is 5.65 Å². The maximum atomic E-state index is 15.1. The highest BCUT2D eigenvalue weighted by atomic mass is 35.5. The van der Waals surface area contributed by atoms with E-state index in [1.807, 2.05) is 24.5 Å². The zero-order valence-corrected chi connectivity index (χ0v) is 27.2. The van der Waals surface area contributed by atoms with Gasteiger partial charge in [-0.15, -0.1) is 11.8 Å². The number of rotatable bonds is 15. The average molecular weight is 662 g/mol. The molecule has 2 aromatic carbocycles. The number of alkyl halides is 2. The van der Waals surface area contributed by atoms with E-state index in [4.69, 9.17) is 23.1 Å². The summed E-state index contributed by atoms with van der Waals surface area (Å²) in [6.45, 7) is 4.61. The van der Waals surface area contributed by atoms with E-state index in [2.05, 4.69) is 27.2 Å². The fourth-order valence-electron chi connectivity index (χ4n) is 5.14. The van der Waals surface area contributed by atoms with Gasteiger partial charge >= 0.3 is 5.69 Å². The van der Waals surface area contributed by atoms with Gasteiger partial charge in [-0.3, -0.25) is 9.56 Å². The normalized spacial score (nSPS) is 13.1. The number of nitrogens with zero attached hydrogens (tertiary/aromatic N) is 3. The first kappa shape index (κ1) is 34.6. The summed E-state index contributed by atoms with van der Waals surface area (Å²) in [7, 11) is 0. The Bertz CT molecular complexity index is 1720. The minimum atomic E-state index is -3.04. The molecular weight excluding hydrogens is 623 g/mol. The highest BCUT2D eigenvalue weighted by molar-refractivity contribution is 7.98. The highest BCUT2D eigenvalue weighted by Crippen LogP contribution is 2.33. The standard InChI is InChI=1S/C32H39ClF3N7OS/c1-4-6-26(40-12-5-11-39-19(2)38)23-8-7-22(16-28(23)45-3)43-17-21-15-27(41-30(21)42-31(43)44)24-13-20(14-25(33)29(24)34)9-10-32(35,36)18-37/h7-8,13-17,26,40H,4-6,9-12,18,37H2,1-3H3,(H2,38,39)(H,41,42,44). The number of aromatic nitrogens is 3. The number of halogens is 4. The first-order chi connectivity index (χ1) is 21.5. The van der Waals surface area contributed by atoms with Crippen molar-refractivity contribution in [2.45, 2.75) is 62.8 Å². The number of aliphatic imine (C=N–C) groups is 1. The smallest absolute Gasteiger partial charge is 0.354 e. The summed E-state index contributed by atoms with van der Waals surface area (Å²) in [5.41, 5.74) is 13.2. The van der Waals surface area contributed by atoms with Crippen LogP contribution < -0.4 is 22.5 Å². The number of thioether (sulfide) groups is 1. The van der Waals surface area contributed by atoms with Gasteiger partial charge in [-0.05, 0) is 80.4 Å². The van der Waals surface area contributed by atoms with Crippen molar-refractivity contribution in [3.63, 3.8) is 0 Å². The van der Waals surface area contributed by atoms with E-state index in [1.165, 1.54) is 16.7 Å². The van der Waals surface area contributed by atoms with Crippen molar-refractivity contribution in [1.82, 2.24) is 19.9 Å². The number of aromatic amines is 1. The highest BCUT2D eigenvalue weighted by Gasteiger charge is 2.26. The Morgan fingerprint density at radius 2 is 2.04 bits per heavy atom. The molecule has 0 saturated carbocycles. The maximum absolute atomic E-state index is 15.1.